The summed E-state index contributed by atoms with van der Waals surface area (Å²) in [6.45, 7) is 7.43. The fourth-order valence-corrected chi connectivity index (χ4v) is 4.95. The van der Waals surface area contributed by atoms with Crippen LogP contribution in [0.3, 0.4) is 0 Å². The monoisotopic (exact) mass is 448 g/mol. The van der Waals surface area contributed by atoms with Crippen LogP contribution in [0.1, 0.15) is 22.3 Å². The van der Waals surface area contributed by atoms with Crippen LogP contribution in [0.15, 0.2) is 72.8 Å². The average Bonchev–Trinajstić information content (AvgIpc) is 2.75. The lowest BCUT2D eigenvalue weighted by atomic mass is 10.0. The van der Waals surface area contributed by atoms with Crippen molar-refractivity contribution < 1.29 is 23.2 Å². The topological polar surface area (TPSA) is 65.0 Å². The molecule has 0 unspecified atom stereocenters. The van der Waals surface area contributed by atoms with Gasteiger partial charge in [0.2, 0.25) is 0 Å². The van der Waals surface area contributed by atoms with Gasteiger partial charge in [0, 0.05) is 10.8 Å². The van der Waals surface area contributed by atoms with Crippen LogP contribution in [-0.4, -0.2) is 5.11 Å². The van der Waals surface area contributed by atoms with Crippen LogP contribution < -0.4 is 13.6 Å². The molecule has 0 aliphatic heterocycles. The molecular weight excluding hydrogens is 423 g/mol. The van der Waals surface area contributed by atoms with Crippen LogP contribution in [0, 0.1) is 27.7 Å². The van der Waals surface area contributed by atoms with E-state index in [1.807, 2.05) is 63.2 Å². The predicted octanol–water partition coefficient (Wildman–Crippen LogP) is 7.42. The summed E-state index contributed by atoms with van der Waals surface area (Å²) < 4.78 is 31.9. The molecule has 0 saturated heterocycles. The minimum absolute atomic E-state index is 0.128. The summed E-state index contributed by atoms with van der Waals surface area (Å²) in [4.78, 5) is 0. The second-order valence-corrected chi connectivity index (χ2v) is 9.28. The van der Waals surface area contributed by atoms with Gasteiger partial charge < -0.3 is 18.7 Å². The van der Waals surface area contributed by atoms with E-state index in [0.717, 1.165) is 16.7 Å². The molecule has 0 spiro atoms. The van der Waals surface area contributed by atoms with E-state index in [9.17, 15) is 9.67 Å². The third kappa shape index (κ3) is 4.44. The zero-order chi connectivity index (χ0) is 22.9. The van der Waals surface area contributed by atoms with Crippen LogP contribution in [0.2, 0.25) is 0 Å². The lowest BCUT2D eigenvalue weighted by Crippen LogP contribution is -2.09. The zero-order valence-corrected chi connectivity index (χ0v) is 19.4. The second-order valence-electron chi connectivity index (χ2n) is 7.84. The van der Waals surface area contributed by atoms with Crippen molar-refractivity contribution >= 4 is 18.6 Å². The van der Waals surface area contributed by atoms with Crippen LogP contribution >= 0.6 is 7.82 Å². The molecule has 1 N–H and O–H groups in total. The molecular formula is C26H25O5P. The minimum atomic E-state index is -4.18. The van der Waals surface area contributed by atoms with Crippen molar-refractivity contribution in [1.82, 2.24) is 0 Å². The van der Waals surface area contributed by atoms with Gasteiger partial charge in [-0.15, -0.1) is 0 Å². The average molecular weight is 448 g/mol. The summed E-state index contributed by atoms with van der Waals surface area (Å²) >= 11 is 0. The Labute approximate surface area is 187 Å². The summed E-state index contributed by atoms with van der Waals surface area (Å²) in [5, 5.41) is 11.7. The SMILES string of the molecule is Cc1ccc2c(OP(=O)(Oc3ccccc3C)Oc3ccccc3C)c(C)cc(O)c2c1. The lowest BCUT2D eigenvalue weighted by Gasteiger charge is -2.23. The van der Waals surface area contributed by atoms with Crippen molar-refractivity contribution in [1.29, 1.82) is 0 Å². The highest BCUT2D eigenvalue weighted by Gasteiger charge is 2.35. The third-order valence-electron chi connectivity index (χ3n) is 5.22. The number of para-hydroxylation sites is 2. The molecule has 0 amide bonds. The van der Waals surface area contributed by atoms with Crippen LogP contribution in [0.25, 0.3) is 10.8 Å². The number of phosphoric ester groups is 1. The van der Waals surface area contributed by atoms with Gasteiger partial charge in [0.25, 0.3) is 0 Å². The Kier molecular flexibility index (Phi) is 5.86. The molecule has 0 heterocycles. The van der Waals surface area contributed by atoms with E-state index in [0.29, 0.717) is 33.6 Å². The first-order chi connectivity index (χ1) is 15.3. The van der Waals surface area contributed by atoms with E-state index >= 15 is 0 Å². The van der Waals surface area contributed by atoms with E-state index in [4.69, 9.17) is 13.6 Å². The molecule has 0 saturated carbocycles. The van der Waals surface area contributed by atoms with Gasteiger partial charge in [-0.3, -0.25) is 0 Å². The first kappa shape index (κ1) is 21.8. The summed E-state index contributed by atoms with van der Waals surface area (Å²) in [5.74, 6) is 1.27. The van der Waals surface area contributed by atoms with Gasteiger partial charge in [-0.05, 0) is 68.7 Å². The number of hydrogen-bond donors (Lipinski definition) is 1. The molecule has 4 rings (SSSR count). The standard InChI is InChI=1S/C26H25O5P/c1-17-13-14-21-22(15-17)23(27)16-20(4)26(21)31-32(28,29-24-11-7-5-9-18(24)2)30-25-12-8-6-10-19(25)3/h5-16,27H,1-4H3. The van der Waals surface area contributed by atoms with Gasteiger partial charge in [-0.25, -0.2) is 0 Å². The van der Waals surface area contributed by atoms with E-state index in [1.54, 1.807) is 37.3 Å². The quantitative estimate of drug-likeness (QED) is 0.311. The number of rotatable bonds is 6. The van der Waals surface area contributed by atoms with Crippen LogP contribution in [0.4, 0.5) is 0 Å². The fourth-order valence-electron chi connectivity index (χ4n) is 3.48. The summed E-state index contributed by atoms with van der Waals surface area (Å²) in [7, 11) is -4.18. The molecule has 0 aliphatic carbocycles. The highest BCUT2D eigenvalue weighted by Crippen LogP contribution is 2.53. The number of hydrogen-bond acceptors (Lipinski definition) is 5. The number of fused-ring (bicyclic) bond motifs is 1. The minimum Gasteiger partial charge on any atom is -0.507 e. The Morgan fingerprint density at radius 2 is 1.22 bits per heavy atom. The number of benzene rings is 4. The molecule has 0 aromatic heterocycles. The molecule has 6 heteroatoms. The Hall–Kier alpha value is -3.43. The predicted molar refractivity (Wildman–Crippen MR) is 127 cm³/mol. The van der Waals surface area contributed by atoms with Gasteiger partial charge in [-0.2, -0.15) is 4.57 Å². The van der Waals surface area contributed by atoms with E-state index < -0.39 is 7.82 Å². The highest BCUT2D eigenvalue weighted by atomic mass is 31.2. The molecule has 164 valence electrons. The third-order valence-corrected chi connectivity index (χ3v) is 6.46. The number of aryl methyl sites for hydroxylation is 4. The largest absolute Gasteiger partial charge is 0.647 e. The Morgan fingerprint density at radius 3 is 1.78 bits per heavy atom. The van der Waals surface area contributed by atoms with Crippen LogP contribution in [0.5, 0.6) is 23.0 Å². The van der Waals surface area contributed by atoms with E-state index in [1.165, 1.54) is 0 Å². The van der Waals surface area contributed by atoms with Crippen molar-refractivity contribution in [3.8, 4) is 23.0 Å². The maximum atomic E-state index is 14.0. The molecule has 0 aliphatic rings. The van der Waals surface area contributed by atoms with Gasteiger partial charge in [0.05, 0.1) is 0 Å². The van der Waals surface area contributed by atoms with Gasteiger partial charge >= 0.3 is 7.82 Å². The molecule has 0 fully saturated rings. The van der Waals surface area contributed by atoms with Gasteiger partial charge in [-0.1, -0.05) is 54.1 Å². The fraction of sp³-hybridized carbons (Fsp3) is 0.154. The smallest absolute Gasteiger partial charge is 0.507 e. The van der Waals surface area contributed by atoms with E-state index in [2.05, 4.69) is 0 Å². The maximum absolute atomic E-state index is 14.0. The van der Waals surface area contributed by atoms with E-state index in [-0.39, 0.29) is 5.75 Å². The Morgan fingerprint density at radius 1 is 0.656 bits per heavy atom. The number of phosphoric acid groups is 1. The highest BCUT2D eigenvalue weighted by molar-refractivity contribution is 7.49. The molecule has 4 aromatic rings. The van der Waals surface area contributed by atoms with Crippen molar-refractivity contribution in [2.75, 3.05) is 0 Å². The molecule has 0 atom stereocenters. The van der Waals surface area contributed by atoms with Gasteiger partial charge in [0.1, 0.15) is 23.0 Å². The molecule has 4 aromatic carbocycles. The Bertz CT molecular complexity index is 1290. The maximum Gasteiger partial charge on any atom is 0.647 e. The summed E-state index contributed by atoms with van der Waals surface area (Å²) in [6.07, 6.45) is 0. The van der Waals surface area contributed by atoms with Crippen LogP contribution in [-0.2, 0) is 4.57 Å². The Balaban J connectivity index is 1.83. The first-order valence-corrected chi connectivity index (χ1v) is 11.7. The number of aromatic hydroxyl groups is 1. The normalized spacial score (nSPS) is 11.4. The van der Waals surface area contributed by atoms with Gasteiger partial charge in [0.15, 0.2) is 0 Å². The van der Waals surface area contributed by atoms with Crippen molar-refractivity contribution in [3.05, 3.63) is 95.1 Å². The molecule has 0 radical (unpaired) electrons. The molecule has 32 heavy (non-hydrogen) atoms. The molecule has 5 nitrogen and oxygen atoms in total. The second kappa shape index (κ2) is 8.60. The van der Waals surface area contributed by atoms with Crippen molar-refractivity contribution in [2.24, 2.45) is 0 Å². The number of phenolic OH excluding ortho intramolecular Hbond substituents is 1. The summed E-state index contributed by atoms with van der Waals surface area (Å²) in [6, 6.07) is 21.7. The zero-order valence-electron chi connectivity index (χ0n) is 18.5. The lowest BCUT2D eigenvalue weighted by molar-refractivity contribution is 0.297. The summed E-state index contributed by atoms with van der Waals surface area (Å²) in [5.41, 5.74) is 3.19. The van der Waals surface area contributed by atoms with Crippen molar-refractivity contribution in [3.63, 3.8) is 0 Å². The first-order valence-electron chi connectivity index (χ1n) is 10.3. The van der Waals surface area contributed by atoms with Crippen molar-refractivity contribution in [2.45, 2.75) is 27.7 Å². The molecule has 0 bridgehead atoms. The number of phenols is 1.